The van der Waals surface area contributed by atoms with Crippen LogP contribution >= 0.6 is 15.9 Å². The Balaban J connectivity index is 2.13. The SMILES string of the molecule is CCNCc1cc(Br)ccc1N(C)C1CCC(C)CC1. The van der Waals surface area contributed by atoms with Crippen LogP contribution in [-0.2, 0) is 6.54 Å². The molecule has 0 atom stereocenters. The van der Waals surface area contributed by atoms with Gasteiger partial charge in [-0.3, -0.25) is 0 Å². The minimum atomic E-state index is 0.702. The van der Waals surface area contributed by atoms with E-state index in [-0.39, 0.29) is 0 Å². The average Bonchev–Trinajstić information content (AvgIpc) is 2.45. The van der Waals surface area contributed by atoms with E-state index in [0.717, 1.165) is 19.0 Å². The van der Waals surface area contributed by atoms with E-state index in [1.54, 1.807) is 0 Å². The zero-order valence-electron chi connectivity index (χ0n) is 13.0. The van der Waals surface area contributed by atoms with Gasteiger partial charge in [-0.05, 0) is 61.9 Å². The molecule has 1 N–H and O–H groups in total. The van der Waals surface area contributed by atoms with Gasteiger partial charge in [0.25, 0.3) is 0 Å². The molecular weight excluding hydrogens is 312 g/mol. The quantitative estimate of drug-likeness (QED) is 0.845. The molecule has 1 aromatic carbocycles. The van der Waals surface area contributed by atoms with Crippen molar-refractivity contribution in [1.29, 1.82) is 0 Å². The highest BCUT2D eigenvalue weighted by molar-refractivity contribution is 9.10. The molecule has 2 rings (SSSR count). The van der Waals surface area contributed by atoms with Gasteiger partial charge in [-0.15, -0.1) is 0 Å². The summed E-state index contributed by atoms with van der Waals surface area (Å²) in [6.45, 7) is 6.49. The molecular formula is C17H27BrN2. The molecule has 1 aliphatic carbocycles. The van der Waals surface area contributed by atoms with E-state index in [1.807, 2.05) is 0 Å². The Bertz CT molecular complexity index is 425. The van der Waals surface area contributed by atoms with Crippen LogP contribution in [0.4, 0.5) is 5.69 Å². The van der Waals surface area contributed by atoms with Crippen LogP contribution in [0.2, 0.25) is 0 Å². The lowest BCUT2D eigenvalue weighted by Gasteiger charge is -2.36. The normalized spacial score (nSPS) is 22.8. The van der Waals surface area contributed by atoms with Gasteiger partial charge in [0.2, 0.25) is 0 Å². The second-order valence-corrected chi connectivity index (χ2v) is 6.99. The van der Waals surface area contributed by atoms with E-state index >= 15 is 0 Å². The summed E-state index contributed by atoms with van der Waals surface area (Å²) >= 11 is 3.59. The second-order valence-electron chi connectivity index (χ2n) is 6.08. The molecule has 3 heteroatoms. The number of halogens is 1. The predicted molar refractivity (Wildman–Crippen MR) is 91.3 cm³/mol. The van der Waals surface area contributed by atoms with Crippen LogP contribution in [0.25, 0.3) is 0 Å². The molecule has 0 saturated heterocycles. The summed E-state index contributed by atoms with van der Waals surface area (Å²) in [6, 6.07) is 7.37. The molecule has 0 amide bonds. The zero-order chi connectivity index (χ0) is 14.5. The fourth-order valence-electron chi connectivity index (χ4n) is 3.13. The van der Waals surface area contributed by atoms with E-state index in [1.165, 1.54) is 41.4 Å². The maximum atomic E-state index is 3.59. The standard InChI is InChI=1S/C17H27BrN2/c1-4-19-12-14-11-15(18)7-10-17(14)20(3)16-8-5-13(2)6-9-16/h7,10-11,13,16,19H,4-6,8-9,12H2,1-3H3. The van der Waals surface area contributed by atoms with Gasteiger partial charge >= 0.3 is 0 Å². The van der Waals surface area contributed by atoms with Crippen LogP contribution in [0.3, 0.4) is 0 Å². The molecule has 1 saturated carbocycles. The molecule has 1 fully saturated rings. The van der Waals surface area contributed by atoms with Crippen molar-refractivity contribution in [2.24, 2.45) is 5.92 Å². The maximum absolute atomic E-state index is 3.59. The van der Waals surface area contributed by atoms with E-state index < -0.39 is 0 Å². The molecule has 2 nitrogen and oxygen atoms in total. The average molecular weight is 339 g/mol. The minimum absolute atomic E-state index is 0.702. The molecule has 112 valence electrons. The third-order valence-electron chi connectivity index (χ3n) is 4.52. The van der Waals surface area contributed by atoms with Gasteiger partial charge in [-0.1, -0.05) is 29.8 Å². The highest BCUT2D eigenvalue weighted by Gasteiger charge is 2.23. The monoisotopic (exact) mass is 338 g/mol. The van der Waals surface area contributed by atoms with Crippen LogP contribution in [0, 0.1) is 5.92 Å². The Labute approximate surface area is 132 Å². The highest BCUT2D eigenvalue weighted by Crippen LogP contribution is 2.32. The van der Waals surface area contributed by atoms with Crippen molar-refractivity contribution in [2.75, 3.05) is 18.5 Å². The fraction of sp³-hybridized carbons (Fsp3) is 0.647. The lowest BCUT2D eigenvalue weighted by Crippen LogP contribution is -2.35. The van der Waals surface area contributed by atoms with E-state index in [4.69, 9.17) is 0 Å². The summed E-state index contributed by atoms with van der Waals surface area (Å²) in [5.74, 6) is 0.908. The van der Waals surface area contributed by atoms with Gasteiger partial charge < -0.3 is 10.2 Å². The van der Waals surface area contributed by atoms with Crippen molar-refractivity contribution in [2.45, 2.75) is 52.1 Å². The van der Waals surface area contributed by atoms with Crippen molar-refractivity contribution >= 4 is 21.6 Å². The first-order valence-electron chi connectivity index (χ1n) is 7.83. The van der Waals surface area contributed by atoms with Crippen LogP contribution in [0.5, 0.6) is 0 Å². The maximum Gasteiger partial charge on any atom is 0.0412 e. The summed E-state index contributed by atoms with van der Waals surface area (Å²) in [5.41, 5.74) is 2.77. The molecule has 0 spiro atoms. The summed E-state index contributed by atoms with van der Waals surface area (Å²) in [7, 11) is 2.26. The second kappa shape index (κ2) is 7.46. The summed E-state index contributed by atoms with van der Waals surface area (Å²) in [6.07, 6.45) is 5.39. The molecule has 0 aliphatic heterocycles. The highest BCUT2D eigenvalue weighted by atomic mass is 79.9. The van der Waals surface area contributed by atoms with Crippen molar-refractivity contribution in [1.82, 2.24) is 5.32 Å². The van der Waals surface area contributed by atoms with Crippen molar-refractivity contribution < 1.29 is 0 Å². The summed E-state index contributed by atoms with van der Waals surface area (Å²) in [4.78, 5) is 2.50. The number of nitrogens with zero attached hydrogens (tertiary/aromatic N) is 1. The third kappa shape index (κ3) is 3.98. The first kappa shape index (κ1) is 15.8. The van der Waals surface area contributed by atoms with Crippen LogP contribution in [0.1, 0.15) is 45.1 Å². The lowest BCUT2D eigenvalue weighted by molar-refractivity contribution is 0.340. The summed E-state index contributed by atoms with van der Waals surface area (Å²) in [5, 5.41) is 3.45. The third-order valence-corrected chi connectivity index (χ3v) is 5.01. The van der Waals surface area contributed by atoms with Gasteiger partial charge in [0.1, 0.15) is 0 Å². The van der Waals surface area contributed by atoms with Gasteiger partial charge in [-0.25, -0.2) is 0 Å². The fourth-order valence-corrected chi connectivity index (χ4v) is 3.53. The zero-order valence-corrected chi connectivity index (χ0v) is 14.5. The number of rotatable bonds is 5. The topological polar surface area (TPSA) is 15.3 Å². The van der Waals surface area contributed by atoms with Gasteiger partial charge in [0.05, 0.1) is 0 Å². The van der Waals surface area contributed by atoms with Crippen LogP contribution in [0.15, 0.2) is 22.7 Å². The van der Waals surface area contributed by atoms with Crippen molar-refractivity contribution in [3.63, 3.8) is 0 Å². The first-order chi connectivity index (χ1) is 9.61. The Morgan fingerprint density at radius 2 is 1.95 bits per heavy atom. The molecule has 1 aliphatic rings. The smallest absolute Gasteiger partial charge is 0.0412 e. The molecule has 0 bridgehead atoms. The van der Waals surface area contributed by atoms with Crippen molar-refractivity contribution in [3.8, 4) is 0 Å². The van der Waals surface area contributed by atoms with Gasteiger partial charge in [0.15, 0.2) is 0 Å². The van der Waals surface area contributed by atoms with Gasteiger partial charge in [0, 0.05) is 29.8 Å². The number of anilines is 1. The number of hydrogen-bond acceptors (Lipinski definition) is 2. The molecule has 0 radical (unpaired) electrons. The Morgan fingerprint density at radius 1 is 1.25 bits per heavy atom. The molecule has 0 heterocycles. The first-order valence-corrected chi connectivity index (χ1v) is 8.63. The minimum Gasteiger partial charge on any atom is -0.371 e. The number of benzene rings is 1. The molecule has 1 aromatic rings. The van der Waals surface area contributed by atoms with Crippen LogP contribution in [-0.4, -0.2) is 19.6 Å². The molecule has 0 unspecified atom stereocenters. The van der Waals surface area contributed by atoms with Crippen LogP contribution < -0.4 is 10.2 Å². The lowest BCUT2D eigenvalue weighted by atomic mass is 9.86. The van der Waals surface area contributed by atoms with E-state index in [9.17, 15) is 0 Å². The summed E-state index contributed by atoms with van der Waals surface area (Å²) < 4.78 is 1.17. The number of hydrogen-bond donors (Lipinski definition) is 1. The van der Waals surface area contributed by atoms with Gasteiger partial charge in [-0.2, -0.15) is 0 Å². The predicted octanol–water partition coefficient (Wildman–Crippen LogP) is 4.57. The van der Waals surface area contributed by atoms with Crippen molar-refractivity contribution in [3.05, 3.63) is 28.2 Å². The molecule has 20 heavy (non-hydrogen) atoms. The van der Waals surface area contributed by atoms with E-state index in [0.29, 0.717) is 6.04 Å². The largest absolute Gasteiger partial charge is 0.371 e. The Hall–Kier alpha value is -0.540. The molecule has 0 aromatic heterocycles. The Kier molecular flexibility index (Phi) is 5.91. The van der Waals surface area contributed by atoms with E-state index in [2.05, 4.69) is 65.2 Å². The number of nitrogens with one attached hydrogen (secondary N) is 1. The Morgan fingerprint density at radius 3 is 2.60 bits per heavy atom.